The number of hydrogen-bond donors (Lipinski definition) is 2. The van der Waals surface area contributed by atoms with E-state index >= 15 is 0 Å². The quantitative estimate of drug-likeness (QED) is 0.809. The van der Waals surface area contributed by atoms with Crippen LogP contribution in [0, 0.1) is 0 Å². The van der Waals surface area contributed by atoms with Crippen LogP contribution in [0.3, 0.4) is 0 Å². The van der Waals surface area contributed by atoms with Crippen molar-refractivity contribution in [3.63, 3.8) is 0 Å². The number of fused-ring (bicyclic) bond motifs is 1. The van der Waals surface area contributed by atoms with Gasteiger partial charge < -0.3 is 0 Å². The summed E-state index contributed by atoms with van der Waals surface area (Å²) >= 11 is 1.72. The fourth-order valence-electron chi connectivity index (χ4n) is 2.47. The van der Waals surface area contributed by atoms with E-state index in [1.165, 1.54) is 17.0 Å². The molecule has 5 nitrogen and oxygen atoms in total. The van der Waals surface area contributed by atoms with Gasteiger partial charge in [0, 0.05) is 24.4 Å². The molecule has 0 fully saturated rings. The van der Waals surface area contributed by atoms with Crippen molar-refractivity contribution in [1.82, 2.24) is 14.4 Å². The van der Waals surface area contributed by atoms with E-state index in [0.717, 1.165) is 23.4 Å². The number of nitrogens with one attached hydrogen (secondary N) is 2. The maximum atomic E-state index is 11.9. The summed E-state index contributed by atoms with van der Waals surface area (Å²) in [5.41, 5.74) is 2.15. The van der Waals surface area contributed by atoms with Crippen LogP contribution >= 0.6 is 11.3 Å². The van der Waals surface area contributed by atoms with Crippen LogP contribution in [0.15, 0.2) is 30.3 Å². The molecule has 1 aliphatic carbocycles. The van der Waals surface area contributed by atoms with Crippen LogP contribution in [0.5, 0.6) is 0 Å². The molecule has 7 heteroatoms. The van der Waals surface area contributed by atoms with Gasteiger partial charge in [-0.05, 0) is 24.8 Å². The number of hydrogen-bond acceptors (Lipinski definition) is 4. The molecule has 0 amide bonds. The van der Waals surface area contributed by atoms with Crippen molar-refractivity contribution in [1.29, 1.82) is 0 Å². The summed E-state index contributed by atoms with van der Waals surface area (Å²) in [4.78, 5) is 5.94. The summed E-state index contributed by atoms with van der Waals surface area (Å²) in [7, 11) is -3.47. The molecule has 2 aromatic rings. The number of nitrogens with zero attached hydrogens (tertiary/aromatic N) is 1. The fourth-order valence-corrected chi connectivity index (χ4v) is 4.45. The van der Waals surface area contributed by atoms with Gasteiger partial charge in [-0.2, -0.15) is 13.1 Å². The van der Waals surface area contributed by atoms with E-state index in [4.69, 9.17) is 0 Å². The van der Waals surface area contributed by atoms with Crippen molar-refractivity contribution in [2.45, 2.75) is 32.2 Å². The fraction of sp³-hybridized carbons (Fsp3) is 0.400. The first-order valence-corrected chi connectivity index (χ1v) is 9.68. The SMILES string of the molecule is O=S(=O)(NCCc1nc2c(s1)CCC2)NCc1ccccc1. The molecule has 0 bridgehead atoms. The molecule has 1 heterocycles. The van der Waals surface area contributed by atoms with Gasteiger partial charge in [-0.25, -0.2) is 9.71 Å². The summed E-state index contributed by atoms with van der Waals surface area (Å²) in [5.74, 6) is 0. The lowest BCUT2D eigenvalue weighted by Gasteiger charge is -2.07. The smallest absolute Gasteiger partial charge is 0.246 e. The normalized spacial score (nSPS) is 14.2. The topological polar surface area (TPSA) is 71.1 Å². The second-order valence-corrected chi connectivity index (χ2v) is 8.04. The van der Waals surface area contributed by atoms with Gasteiger partial charge in [-0.3, -0.25) is 0 Å². The molecule has 118 valence electrons. The third kappa shape index (κ3) is 4.13. The molecule has 0 saturated carbocycles. The van der Waals surface area contributed by atoms with Gasteiger partial charge in [0.05, 0.1) is 10.7 Å². The third-order valence-corrected chi connectivity index (χ3v) is 5.91. The second-order valence-electron chi connectivity index (χ2n) is 5.29. The first-order chi connectivity index (χ1) is 10.6. The predicted molar refractivity (Wildman–Crippen MR) is 88.0 cm³/mol. The van der Waals surface area contributed by atoms with Crippen LogP contribution in [0.2, 0.25) is 0 Å². The van der Waals surface area contributed by atoms with Crippen molar-refractivity contribution in [3.8, 4) is 0 Å². The van der Waals surface area contributed by atoms with E-state index in [1.807, 2.05) is 30.3 Å². The summed E-state index contributed by atoms with van der Waals surface area (Å²) < 4.78 is 28.9. The molecule has 0 spiro atoms. The standard InChI is InChI=1S/C15H19N3O2S2/c19-22(20,17-11-12-5-2-1-3-6-12)16-10-9-15-18-13-7-4-8-14(13)21-15/h1-3,5-6,16-17H,4,7-11H2. The minimum Gasteiger partial charge on any atom is -0.246 e. The highest BCUT2D eigenvalue weighted by Crippen LogP contribution is 2.27. The van der Waals surface area contributed by atoms with Gasteiger partial charge in [-0.1, -0.05) is 30.3 Å². The first-order valence-electron chi connectivity index (χ1n) is 7.38. The molecule has 0 saturated heterocycles. The highest BCUT2D eigenvalue weighted by Gasteiger charge is 2.17. The Balaban J connectivity index is 1.45. The summed E-state index contributed by atoms with van der Waals surface area (Å²) in [6.45, 7) is 0.665. The van der Waals surface area contributed by atoms with E-state index < -0.39 is 10.2 Å². The Labute approximate surface area is 135 Å². The van der Waals surface area contributed by atoms with Crippen LogP contribution in [0.4, 0.5) is 0 Å². The number of rotatable bonds is 7. The molecule has 2 N–H and O–H groups in total. The Morgan fingerprint density at radius 1 is 1.14 bits per heavy atom. The minimum absolute atomic E-state index is 0.293. The number of thiazole rings is 1. The van der Waals surface area contributed by atoms with Gasteiger partial charge >= 0.3 is 0 Å². The molecule has 0 aliphatic heterocycles. The largest absolute Gasteiger partial charge is 0.277 e. The Morgan fingerprint density at radius 3 is 2.73 bits per heavy atom. The third-order valence-electron chi connectivity index (χ3n) is 3.58. The maximum absolute atomic E-state index is 11.9. The average Bonchev–Trinajstić information content (AvgIpc) is 3.07. The van der Waals surface area contributed by atoms with Crippen LogP contribution in [0.1, 0.15) is 27.6 Å². The van der Waals surface area contributed by atoms with Crippen LogP contribution < -0.4 is 9.44 Å². The lowest BCUT2D eigenvalue weighted by Crippen LogP contribution is -2.37. The van der Waals surface area contributed by atoms with Crippen molar-refractivity contribution in [2.75, 3.05) is 6.54 Å². The Bertz CT molecular complexity index is 705. The molecule has 0 atom stereocenters. The Kier molecular flexibility index (Phi) is 4.87. The van der Waals surface area contributed by atoms with Crippen LogP contribution in [0.25, 0.3) is 0 Å². The summed E-state index contributed by atoms with van der Waals surface area (Å²) in [6.07, 6.45) is 4.03. The second kappa shape index (κ2) is 6.87. The maximum Gasteiger partial charge on any atom is 0.277 e. The van der Waals surface area contributed by atoms with E-state index in [-0.39, 0.29) is 0 Å². The molecule has 3 rings (SSSR count). The molecule has 1 aromatic heterocycles. The van der Waals surface area contributed by atoms with Gasteiger partial charge in [0.25, 0.3) is 10.2 Å². The monoisotopic (exact) mass is 337 g/mol. The highest BCUT2D eigenvalue weighted by molar-refractivity contribution is 7.87. The summed E-state index contributed by atoms with van der Waals surface area (Å²) in [5, 5.41) is 1.02. The number of aromatic nitrogens is 1. The zero-order chi connectivity index (χ0) is 15.4. The average molecular weight is 337 g/mol. The Hall–Kier alpha value is -1.28. The first kappa shape index (κ1) is 15.6. The zero-order valence-corrected chi connectivity index (χ0v) is 13.8. The molecule has 0 unspecified atom stereocenters. The Morgan fingerprint density at radius 2 is 1.95 bits per heavy atom. The molecule has 22 heavy (non-hydrogen) atoms. The lowest BCUT2D eigenvalue weighted by molar-refractivity contribution is 0.566. The van der Waals surface area contributed by atoms with Gasteiger partial charge in [0.2, 0.25) is 0 Å². The number of benzene rings is 1. The van der Waals surface area contributed by atoms with Crippen molar-refractivity contribution >= 4 is 21.5 Å². The molecular weight excluding hydrogens is 318 g/mol. The van der Waals surface area contributed by atoms with Crippen molar-refractivity contribution in [3.05, 3.63) is 51.5 Å². The predicted octanol–water partition coefficient (Wildman–Crippen LogP) is 1.80. The van der Waals surface area contributed by atoms with Gasteiger partial charge in [0.15, 0.2) is 0 Å². The zero-order valence-electron chi connectivity index (χ0n) is 12.2. The van der Waals surface area contributed by atoms with E-state index in [9.17, 15) is 8.42 Å². The summed E-state index contributed by atoms with van der Waals surface area (Å²) in [6, 6.07) is 9.46. The molecule has 1 aromatic carbocycles. The van der Waals surface area contributed by atoms with Crippen molar-refractivity contribution in [2.24, 2.45) is 0 Å². The van der Waals surface area contributed by atoms with E-state index in [0.29, 0.717) is 19.5 Å². The van der Waals surface area contributed by atoms with Gasteiger partial charge in [0.1, 0.15) is 0 Å². The highest BCUT2D eigenvalue weighted by atomic mass is 32.2. The molecule has 0 radical (unpaired) electrons. The van der Waals surface area contributed by atoms with E-state index in [1.54, 1.807) is 11.3 Å². The van der Waals surface area contributed by atoms with Gasteiger partial charge in [-0.15, -0.1) is 11.3 Å². The number of aryl methyl sites for hydroxylation is 2. The van der Waals surface area contributed by atoms with E-state index in [2.05, 4.69) is 14.4 Å². The van der Waals surface area contributed by atoms with Crippen molar-refractivity contribution < 1.29 is 8.42 Å². The molecule has 1 aliphatic rings. The lowest BCUT2D eigenvalue weighted by atomic mass is 10.2. The minimum atomic E-state index is -3.47. The van der Waals surface area contributed by atoms with Crippen LogP contribution in [-0.4, -0.2) is 19.9 Å². The molecular formula is C15H19N3O2S2. The van der Waals surface area contributed by atoms with Crippen LogP contribution in [-0.2, 0) is 36.0 Å².